The molecule has 1 aromatic carbocycles. The van der Waals surface area contributed by atoms with E-state index in [0.717, 1.165) is 25.9 Å². The highest BCUT2D eigenvalue weighted by molar-refractivity contribution is 5.67. The van der Waals surface area contributed by atoms with Gasteiger partial charge in [-0.3, -0.25) is 5.43 Å². The van der Waals surface area contributed by atoms with Crippen molar-refractivity contribution in [2.75, 3.05) is 13.1 Å². The maximum Gasteiger partial charge on any atom is 0.422 e. The Labute approximate surface area is 132 Å². The molecule has 5 heteroatoms. The molecule has 1 heterocycles. The number of carbonyl (C=O) groups is 1. The molecule has 1 aliphatic rings. The van der Waals surface area contributed by atoms with Crippen molar-refractivity contribution >= 4 is 6.09 Å². The highest BCUT2D eigenvalue weighted by Crippen LogP contribution is 2.28. The van der Waals surface area contributed by atoms with E-state index < -0.39 is 11.7 Å². The summed E-state index contributed by atoms with van der Waals surface area (Å²) >= 11 is 0. The van der Waals surface area contributed by atoms with E-state index in [9.17, 15) is 4.79 Å². The highest BCUT2D eigenvalue weighted by Gasteiger charge is 2.26. The van der Waals surface area contributed by atoms with E-state index in [4.69, 9.17) is 4.74 Å². The van der Waals surface area contributed by atoms with Crippen LogP contribution in [0, 0.1) is 5.92 Å². The Morgan fingerprint density at radius 1 is 1.23 bits per heavy atom. The Morgan fingerprint density at radius 2 is 1.86 bits per heavy atom. The minimum Gasteiger partial charge on any atom is -0.443 e. The van der Waals surface area contributed by atoms with Crippen molar-refractivity contribution in [3.63, 3.8) is 0 Å². The van der Waals surface area contributed by atoms with E-state index in [1.54, 1.807) is 0 Å². The van der Waals surface area contributed by atoms with Crippen LogP contribution in [0.15, 0.2) is 30.3 Å². The van der Waals surface area contributed by atoms with Crippen LogP contribution in [0.25, 0.3) is 0 Å². The minimum absolute atomic E-state index is 0.0934. The first-order valence-corrected chi connectivity index (χ1v) is 7.96. The third-order valence-corrected chi connectivity index (χ3v) is 3.74. The molecule has 1 atom stereocenters. The Morgan fingerprint density at radius 3 is 2.45 bits per heavy atom. The number of nitrogens with one attached hydrogen (secondary N) is 3. The lowest BCUT2D eigenvalue weighted by Crippen LogP contribution is -2.46. The van der Waals surface area contributed by atoms with Crippen LogP contribution in [0.1, 0.15) is 45.2 Å². The van der Waals surface area contributed by atoms with Gasteiger partial charge in [-0.1, -0.05) is 30.3 Å². The average molecular weight is 305 g/mol. The molecule has 1 amide bonds. The fraction of sp³-hybridized carbons (Fsp3) is 0.588. The van der Waals surface area contributed by atoms with E-state index >= 15 is 0 Å². The predicted molar refractivity (Wildman–Crippen MR) is 87.3 cm³/mol. The molecule has 0 aliphatic carbocycles. The molecule has 1 aliphatic heterocycles. The average Bonchev–Trinajstić information content (AvgIpc) is 2.48. The number of benzene rings is 1. The summed E-state index contributed by atoms with van der Waals surface area (Å²) in [6.45, 7) is 7.60. The number of ether oxygens (including phenoxy) is 1. The first kappa shape index (κ1) is 16.8. The maximum absolute atomic E-state index is 11.9. The van der Waals surface area contributed by atoms with E-state index in [1.807, 2.05) is 39.0 Å². The fourth-order valence-electron chi connectivity index (χ4n) is 2.75. The van der Waals surface area contributed by atoms with E-state index in [0.29, 0.717) is 5.92 Å². The van der Waals surface area contributed by atoms with E-state index in [1.165, 1.54) is 5.56 Å². The molecular formula is C17H27N3O2. The van der Waals surface area contributed by atoms with Gasteiger partial charge in [-0.2, -0.15) is 0 Å². The number of hydrogen-bond acceptors (Lipinski definition) is 4. The van der Waals surface area contributed by atoms with Crippen LogP contribution in [0.2, 0.25) is 0 Å². The molecule has 0 spiro atoms. The van der Waals surface area contributed by atoms with Gasteiger partial charge >= 0.3 is 6.09 Å². The normalized spacial score (nSPS) is 17.8. The Kier molecular flexibility index (Phi) is 5.80. The van der Waals surface area contributed by atoms with Crippen molar-refractivity contribution in [1.82, 2.24) is 16.2 Å². The van der Waals surface area contributed by atoms with Crippen molar-refractivity contribution in [2.45, 2.75) is 45.3 Å². The van der Waals surface area contributed by atoms with Crippen LogP contribution in [0.5, 0.6) is 0 Å². The zero-order valence-electron chi connectivity index (χ0n) is 13.7. The molecule has 5 nitrogen and oxygen atoms in total. The van der Waals surface area contributed by atoms with Gasteiger partial charge in [0.05, 0.1) is 6.04 Å². The minimum atomic E-state index is -0.497. The zero-order valence-corrected chi connectivity index (χ0v) is 13.7. The Bertz CT molecular complexity index is 465. The molecule has 22 heavy (non-hydrogen) atoms. The molecule has 0 aromatic heterocycles. The Hall–Kier alpha value is -1.59. The van der Waals surface area contributed by atoms with Crippen molar-refractivity contribution in [3.8, 4) is 0 Å². The summed E-state index contributed by atoms with van der Waals surface area (Å²) in [4.78, 5) is 11.9. The number of rotatable bonds is 4. The van der Waals surface area contributed by atoms with Crippen molar-refractivity contribution in [1.29, 1.82) is 0 Å². The summed E-state index contributed by atoms with van der Waals surface area (Å²) in [6.07, 6.45) is 1.73. The topological polar surface area (TPSA) is 62.4 Å². The monoisotopic (exact) mass is 305 g/mol. The largest absolute Gasteiger partial charge is 0.443 e. The first-order chi connectivity index (χ1) is 10.5. The zero-order chi connectivity index (χ0) is 16.0. The third kappa shape index (κ3) is 5.31. The van der Waals surface area contributed by atoms with Crippen molar-refractivity contribution < 1.29 is 9.53 Å². The van der Waals surface area contributed by atoms with Crippen LogP contribution in [-0.2, 0) is 4.74 Å². The van der Waals surface area contributed by atoms with Gasteiger partial charge in [0.25, 0.3) is 0 Å². The molecule has 122 valence electrons. The lowest BCUT2D eigenvalue weighted by molar-refractivity contribution is 0.0475. The van der Waals surface area contributed by atoms with Gasteiger partial charge < -0.3 is 10.1 Å². The predicted octanol–water partition coefficient (Wildman–Crippen LogP) is 2.76. The summed E-state index contributed by atoms with van der Waals surface area (Å²) in [5, 5.41) is 3.38. The van der Waals surface area contributed by atoms with Crippen molar-refractivity contribution in [3.05, 3.63) is 35.9 Å². The highest BCUT2D eigenvalue weighted by atomic mass is 16.6. The van der Waals surface area contributed by atoms with Crippen LogP contribution in [0.4, 0.5) is 4.79 Å². The van der Waals surface area contributed by atoms with E-state index in [-0.39, 0.29) is 6.04 Å². The van der Waals surface area contributed by atoms with E-state index in [2.05, 4.69) is 28.3 Å². The smallest absolute Gasteiger partial charge is 0.422 e. The molecule has 1 fully saturated rings. The lowest BCUT2D eigenvalue weighted by Gasteiger charge is -2.32. The summed E-state index contributed by atoms with van der Waals surface area (Å²) < 4.78 is 5.29. The lowest BCUT2D eigenvalue weighted by atomic mass is 9.86. The second-order valence-electron chi connectivity index (χ2n) is 6.75. The van der Waals surface area contributed by atoms with Crippen LogP contribution >= 0.6 is 0 Å². The second kappa shape index (κ2) is 7.61. The third-order valence-electron chi connectivity index (χ3n) is 3.74. The molecular weight excluding hydrogens is 278 g/mol. The second-order valence-corrected chi connectivity index (χ2v) is 6.75. The molecule has 1 aromatic rings. The molecule has 0 saturated carbocycles. The summed E-state index contributed by atoms with van der Waals surface area (Å²) in [5.41, 5.74) is 6.57. The van der Waals surface area contributed by atoms with Gasteiger partial charge in [-0.15, -0.1) is 0 Å². The van der Waals surface area contributed by atoms with Gasteiger partial charge in [0.15, 0.2) is 0 Å². The quantitative estimate of drug-likeness (QED) is 0.749. The number of hydrazine groups is 1. The number of amides is 1. The maximum atomic E-state index is 11.9. The number of carbonyl (C=O) groups excluding carboxylic acids is 1. The fourth-order valence-corrected chi connectivity index (χ4v) is 2.75. The molecule has 1 saturated heterocycles. The molecule has 3 N–H and O–H groups in total. The molecule has 2 rings (SSSR count). The molecule has 0 bridgehead atoms. The Balaban J connectivity index is 2.00. The number of hydrogen-bond donors (Lipinski definition) is 3. The molecule has 0 unspecified atom stereocenters. The van der Waals surface area contributed by atoms with Gasteiger partial charge in [0.1, 0.15) is 5.60 Å². The van der Waals surface area contributed by atoms with Gasteiger partial charge in [0, 0.05) is 0 Å². The van der Waals surface area contributed by atoms with Crippen molar-refractivity contribution in [2.24, 2.45) is 5.92 Å². The summed E-state index contributed by atoms with van der Waals surface area (Å²) in [5.74, 6) is 0.485. The summed E-state index contributed by atoms with van der Waals surface area (Å²) in [7, 11) is 0. The van der Waals surface area contributed by atoms with Crippen LogP contribution < -0.4 is 16.2 Å². The number of piperidine rings is 1. The summed E-state index contributed by atoms with van der Waals surface area (Å²) in [6, 6.07) is 10.3. The first-order valence-electron chi connectivity index (χ1n) is 7.96. The SMILES string of the molecule is CC(C)(C)OC(=O)NN[C@@H](c1ccccc1)C1CCNCC1. The van der Waals surface area contributed by atoms with Gasteiger partial charge in [0.2, 0.25) is 0 Å². The van der Waals surface area contributed by atoms with Crippen LogP contribution in [0.3, 0.4) is 0 Å². The van der Waals surface area contributed by atoms with Gasteiger partial charge in [-0.05, 0) is 58.2 Å². The van der Waals surface area contributed by atoms with Gasteiger partial charge in [-0.25, -0.2) is 10.2 Å². The standard InChI is InChI=1S/C17H27N3O2/c1-17(2,3)22-16(21)20-19-15(13-7-5-4-6-8-13)14-9-11-18-12-10-14/h4-8,14-15,18-19H,9-12H2,1-3H3,(H,20,21)/t15-/m0/s1. The molecule has 0 radical (unpaired) electrons. The van der Waals surface area contributed by atoms with Crippen LogP contribution in [-0.4, -0.2) is 24.8 Å².